The smallest absolute Gasteiger partial charge is 0.338 e. The summed E-state index contributed by atoms with van der Waals surface area (Å²) in [7, 11) is 0. The van der Waals surface area contributed by atoms with Gasteiger partial charge in [0.1, 0.15) is 5.72 Å². The highest BCUT2D eigenvalue weighted by molar-refractivity contribution is 5.90. The van der Waals surface area contributed by atoms with Gasteiger partial charge in [-0.3, -0.25) is 0 Å². The monoisotopic (exact) mass is 264 g/mol. The first kappa shape index (κ1) is 13.8. The zero-order valence-corrected chi connectivity index (χ0v) is 11.1. The molecule has 2 rings (SSSR count). The SMILES string of the molecule is CCOC(=O)c1cccc(N2CCCC2(O)CN)c1. The number of benzene rings is 1. The number of nitrogens with zero attached hydrogens (tertiary/aromatic N) is 1. The van der Waals surface area contributed by atoms with Crippen molar-refractivity contribution >= 4 is 11.7 Å². The molecule has 0 bridgehead atoms. The number of carbonyl (C=O) groups is 1. The van der Waals surface area contributed by atoms with E-state index in [0.29, 0.717) is 18.6 Å². The molecule has 19 heavy (non-hydrogen) atoms. The Labute approximate surface area is 113 Å². The lowest BCUT2D eigenvalue weighted by Crippen LogP contribution is -2.49. The van der Waals surface area contributed by atoms with Crippen LogP contribution >= 0.6 is 0 Å². The van der Waals surface area contributed by atoms with Crippen molar-refractivity contribution < 1.29 is 14.6 Å². The lowest BCUT2D eigenvalue weighted by molar-refractivity contribution is 0.0523. The highest BCUT2D eigenvalue weighted by Gasteiger charge is 2.37. The maximum absolute atomic E-state index is 11.7. The predicted octanol–water partition coefficient (Wildman–Crippen LogP) is 1.11. The fourth-order valence-electron chi connectivity index (χ4n) is 2.46. The summed E-state index contributed by atoms with van der Waals surface area (Å²) in [5.74, 6) is -0.347. The number of ether oxygens (including phenoxy) is 1. The van der Waals surface area contributed by atoms with Crippen molar-refractivity contribution in [2.45, 2.75) is 25.5 Å². The molecule has 3 N–H and O–H groups in total. The van der Waals surface area contributed by atoms with Crippen molar-refractivity contribution in [2.75, 3.05) is 24.6 Å². The largest absolute Gasteiger partial charge is 0.462 e. The molecule has 1 fully saturated rings. The Bertz CT molecular complexity index is 464. The summed E-state index contributed by atoms with van der Waals surface area (Å²) in [6.07, 6.45) is 1.53. The van der Waals surface area contributed by atoms with Gasteiger partial charge in [0.05, 0.1) is 12.2 Å². The third-order valence-electron chi connectivity index (χ3n) is 3.46. The number of hydrogen-bond acceptors (Lipinski definition) is 5. The fourth-order valence-corrected chi connectivity index (χ4v) is 2.46. The minimum atomic E-state index is -1.01. The first-order valence-corrected chi connectivity index (χ1v) is 6.58. The third-order valence-corrected chi connectivity index (χ3v) is 3.46. The van der Waals surface area contributed by atoms with Gasteiger partial charge in [0.2, 0.25) is 0 Å². The zero-order valence-electron chi connectivity index (χ0n) is 11.1. The summed E-state index contributed by atoms with van der Waals surface area (Å²) in [6, 6.07) is 7.11. The average molecular weight is 264 g/mol. The van der Waals surface area contributed by atoms with Crippen molar-refractivity contribution in [1.82, 2.24) is 0 Å². The standard InChI is InChI=1S/C14H20N2O3/c1-2-19-13(17)11-5-3-6-12(9-11)16-8-4-7-14(16,18)10-15/h3,5-6,9,18H,2,4,7-8,10,15H2,1H3. The van der Waals surface area contributed by atoms with Gasteiger partial charge in [0.25, 0.3) is 0 Å². The van der Waals surface area contributed by atoms with Crippen molar-refractivity contribution in [1.29, 1.82) is 0 Å². The van der Waals surface area contributed by atoms with Gasteiger partial charge in [0.15, 0.2) is 0 Å². The van der Waals surface area contributed by atoms with Crippen LogP contribution in [0.25, 0.3) is 0 Å². The molecular formula is C14H20N2O3. The normalized spacial score (nSPS) is 22.6. The topological polar surface area (TPSA) is 75.8 Å². The Hall–Kier alpha value is -1.59. The van der Waals surface area contributed by atoms with E-state index in [1.807, 2.05) is 11.0 Å². The van der Waals surface area contributed by atoms with Crippen LogP contribution in [0.3, 0.4) is 0 Å². The van der Waals surface area contributed by atoms with Gasteiger partial charge in [0, 0.05) is 18.8 Å². The van der Waals surface area contributed by atoms with E-state index in [0.717, 1.165) is 18.7 Å². The van der Waals surface area contributed by atoms with Gasteiger partial charge in [-0.1, -0.05) is 6.07 Å². The van der Waals surface area contributed by atoms with E-state index in [-0.39, 0.29) is 12.5 Å². The second-order valence-corrected chi connectivity index (χ2v) is 4.71. The van der Waals surface area contributed by atoms with Crippen LogP contribution in [0.15, 0.2) is 24.3 Å². The predicted molar refractivity (Wildman–Crippen MR) is 73.0 cm³/mol. The van der Waals surface area contributed by atoms with E-state index in [2.05, 4.69) is 0 Å². The van der Waals surface area contributed by atoms with Crippen LogP contribution in [-0.2, 0) is 4.74 Å². The molecule has 0 amide bonds. The minimum Gasteiger partial charge on any atom is -0.462 e. The van der Waals surface area contributed by atoms with Gasteiger partial charge in [-0.15, -0.1) is 0 Å². The Morgan fingerprint density at radius 1 is 1.58 bits per heavy atom. The first-order chi connectivity index (χ1) is 9.10. The number of esters is 1. The summed E-state index contributed by atoms with van der Waals surface area (Å²) in [4.78, 5) is 13.6. The maximum atomic E-state index is 11.7. The Balaban J connectivity index is 2.26. The zero-order chi connectivity index (χ0) is 13.9. The van der Waals surface area contributed by atoms with Crippen molar-refractivity contribution in [3.8, 4) is 0 Å². The van der Waals surface area contributed by atoms with E-state index in [4.69, 9.17) is 10.5 Å². The van der Waals surface area contributed by atoms with Gasteiger partial charge < -0.3 is 20.5 Å². The Kier molecular flexibility index (Phi) is 4.07. The number of rotatable bonds is 4. The average Bonchev–Trinajstić information content (AvgIpc) is 2.82. The molecule has 1 aliphatic rings. The molecule has 0 spiro atoms. The summed E-state index contributed by atoms with van der Waals surface area (Å²) in [5, 5.41) is 10.4. The number of carbonyl (C=O) groups excluding carboxylic acids is 1. The summed E-state index contributed by atoms with van der Waals surface area (Å²) in [5.41, 5.74) is 5.94. The van der Waals surface area contributed by atoms with Gasteiger partial charge in [-0.05, 0) is 38.0 Å². The molecule has 0 aromatic heterocycles. The molecule has 1 saturated heterocycles. The van der Waals surface area contributed by atoms with Crippen LogP contribution in [0.5, 0.6) is 0 Å². The number of aliphatic hydroxyl groups is 1. The molecule has 1 unspecified atom stereocenters. The van der Waals surface area contributed by atoms with Crippen molar-refractivity contribution in [3.05, 3.63) is 29.8 Å². The molecule has 5 nitrogen and oxygen atoms in total. The molecule has 104 valence electrons. The van der Waals surface area contributed by atoms with Crippen LogP contribution in [0.1, 0.15) is 30.1 Å². The highest BCUT2D eigenvalue weighted by Crippen LogP contribution is 2.32. The van der Waals surface area contributed by atoms with Crippen molar-refractivity contribution in [2.24, 2.45) is 5.73 Å². The van der Waals surface area contributed by atoms with Crippen LogP contribution in [0.4, 0.5) is 5.69 Å². The number of nitrogens with two attached hydrogens (primary N) is 1. The lowest BCUT2D eigenvalue weighted by Gasteiger charge is -2.34. The molecular weight excluding hydrogens is 244 g/mol. The minimum absolute atomic E-state index is 0.177. The lowest BCUT2D eigenvalue weighted by atomic mass is 10.1. The quantitative estimate of drug-likeness (QED) is 0.797. The second kappa shape index (κ2) is 5.59. The molecule has 1 aromatic carbocycles. The first-order valence-electron chi connectivity index (χ1n) is 6.58. The summed E-state index contributed by atoms with van der Waals surface area (Å²) >= 11 is 0. The van der Waals surface area contributed by atoms with Crippen LogP contribution in [-0.4, -0.2) is 36.5 Å². The van der Waals surface area contributed by atoms with Gasteiger partial charge in [-0.2, -0.15) is 0 Å². The van der Waals surface area contributed by atoms with E-state index < -0.39 is 5.72 Å². The molecule has 1 atom stereocenters. The van der Waals surface area contributed by atoms with E-state index in [1.54, 1.807) is 25.1 Å². The fraction of sp³-hybridized carbons (Fsp3) is 0.500. The number of anilines is 1. The Morgan fingerprint density at radius 2 is 2.37 bits per heavy atom. The number of hydrogen-bond donors (Lipinski definition) is 2. The molecule has 5 heteroatoms. The van der Waals surface area contributed by atoms with Gasteiger partial charge in [-0.25, -0.2) is 4.79 Å². The van der Waals surface area contributed by atoms with E-state index in [9.17, 15) is 9.90 Å². The summed E-state index contributed by atoms with van der Waals surface area (Å²) < 4.78 is 4.98. The third kappa shape index (κ3) is 2.72. The van der Waals surface area contributed by atoms with E-state index in [1.165, 1.54) is 0 Å². The molecule has 0 saturated carbocycles. The van der Waals surface area contributed by atoms with Crippen LogP contribution < -0.4 is 10.6 Å². The Morgan fingerprint density at radius 3 is 3.05 bits per heavy atom. The molecule has 1 heterocycles. The highest BCUT2D eigenvalue weighted by atomic mass is 16.5. The molecule has 0 aliphatic carbocycles. The second-order valence-electron chi connectivity index (χ2n) is 4.71. The molecule has 0 radical (unpaired) electrons. The van der Waals surface area contributed by atoms with E-state index >= 15 is 0 Å². The molecule has 1 aromatic rings. The maximum Gasteiger partial charge on any atom is 0.338 e. The van der Waals surface area contributed by atoms with Crippen molar-refractivity contribution in [3.63, 3.8) is 0 Å². The summed E-state index contributed by atoms with van der Waals surface area (Å²) in [6.45, 7) is 3.03. The van der Waals surface area contributed by atoms with Crippen LogP contribution in [0, 0.1) is 0 Å². The van der Waals surface area contributed by atoms with Gasteiger partial charge >= 0.3 is 5.97 Å². The molecule has 1 aliphatic heterocycles. The van der Waals surface area contributed by atoms with Crippen LogP contribution in [0.2, 0.25) is 0 Å².